The monoisotopic (exact) mass is 465 g/mol. The average molecular weight is 466 g/mol. The van der Waals surface area contributed by atoms with Crippen LogP contribution in [0, 0.1) is 5.92 Å². The van der Waals surface area contributed by atoms with Gasteiger partial charge in [0.05, 0.1) is 6.61 Å². The van der Waals surface area contributed by atoms with Crippen LogP contribution in [0.3, 0.4) is 0 Å². The minimum absolute atomic E-state index is 0.00502. The summed E-state index contributed by atoms with van der Waals surface area (Å²) in [7, 11) is 0. The van der Waals surface area contributed by atoms with Gasteiger partial charge in [-0.3, -0.25) is 14.4 Å². The Labute approximate surface area is 201 Å². The molecule has 1 fully saturated rings. The van der Waals surface area contributed by atoms with Crippen LogP contribution in [0.1, 0.15) is 77.5 Å². The van der Waals surface area contributed by atoms with Crippen molar-refractivity contribution in [2.75, 3.05) is 26.2 Å². The lowest BCUT2D eigenvalue weighted by Gasteiger charge is -2.26. The zero-order valence-electron chi connectivity index (χ0n) is 20.2. The molecule has 2 aliphatic rings. The lowest BCUT2D eigenvalue weighted by atomic mass is 9.97. The minimum atomic E-state index is -0.503. The molecule has 0 spiro atoms. The van der Waals surface area contributed by atoms with Crippen LogP contribution in [0.25, 0.3) is 0 Å². The number of likely N-dealkylation sites (tertiary alicyclic amines) is 1. The summed E-state index contributed by atoms with van der Waals surface area (Å²) in [4.78, 5) is 41.5. The molecule has 2 aliphatic heterocycles. The molecule has 2 amide bonds. The highest BCUT2D eigenvalue weighted by Crippen LogP contribution is 2.26. The van der Waals surface area contributed by atoms with E-state index in [1.165, 1.54) is 5.56 Å². The number of aromatic nitrogens is 1. The molecular weight excluding hydrogens is 430 g/mol. The molecule has 34 heavy (non-hydrogen) atoms. The molecule has 4 rings (SSSR count). The molecule has 182 valence electrons. The van der Waals surface area contributed by atoms with Gasteiger partial charge in [0.2, 0.25) is 5.43 Å². The Morgan fingerprint density at radius 1 is 1.06 bits per heavy atom. The third-order valence-electron chi connectivity index (χ3n) is 6.56. The van der Waals surface area contributed by atoms with Crippen molar-refractivity contribution in [1.29, 1.82) is 0 Å². The number of amides is 2. The van der Waals surface area contributed by atoms with E-state index in [1.807, 2.05) is 18.2 Å². The number of carbonyl (C=O) groups is 2. The van der Waals surface area contributed by atoms with Gasteiger partial charge in [0.1, 0.15) is 17.2 Å². The van der Waals surface area contributed by atoms with Gasteiger partial charge in [0.25, 0.3) is 11.8 Å². The lowest BCUT2D eigenvalue weighted by Crippen LogP contribution is -2.39. The minimum Gasteiger partial charge on any atom is -0.371 e. The Morgan fingerprint density at radius 3 is 2.50 bits per heavy atom. The quantitative estimate of drug-likeness (QED) is 0.707. The van der Waals surface area contributed by atoms with Crippen LogP contribution in [0.2, 0.25) is 0 Å². The number of benzene rings is 1. The first kappa shape index (κ1) is 24.2. The van der Waals surface area contributed by atoms with Crippen molar-refractivity contribution >= 4 is 11.8 Å². The number of rotatable bonds is 6. The van der Waals surface area contributed by atoms with Crippen LogP contribution in [0.4, 0.5) is 0 Å². The van der Waals surface area contributed by atoms with E-state index in [1.54, 1.807) is 21.9 Å². The fourth-order valence-corrected chi connectivity index (χ4v) is 4.84. The third-order valence-corrected chi connectivity index (χ3v) is 6.56. The molecular formula is C27H35N3O4. The summed E-state index contributed by atoms with van der Waals surface area (Å²) in [5, 5.41) is 2.88. The van der Waals surface area contributed by atoms with Crippen LogP contribution in [0.15, 0.2) is 41.5 Å². The highest BCUT2D eigenvalue weighted by Gasteiger charge is 2.26. The number of pyridine rings is 1. The first-order valence-electron chi connectivity index (χ1n) is 12.4. The fraction of sp³-hybridized carbons (Fsp3) is 0.519. The van der Waals surface area contributed by atoms with Crippen LogP contribution in [0.5, 0.6) is 0 Å². The van der Waals surface area contributed by atoms with Gasteiger partial charge in [-0.1, -0.05) is 51.0 Å². The summed E-state index contributed by atoms with van der Waals surface area (Å²) in [5.74, 6) is -0.449. The second-order valence-corrected chi connectivity index (χ2v) is 9.73. The molecule has 7 heteroatoms. The topological polar surface area (TPSA) is 80.6 Å². The molecule has 0 radical (unpaired) electrons. The second-order valence-electron chi connectivity index (χ2n) is 9.73. The van der Waals surface area contributed by atoms with E-state index >= 15 is 0 Å². The number of nitrogens with one attached hydrogen (secondary N) is 1. The maximum atomic E-state index is 13.3. The Hall–Kier alpha value is -2.93. The smallest absolute Gasteiger partial charge is 0.259 e. The van der Waals surface area contributed by atoms with Crippen molar-refractivity contribution in [3.63, 3.8) is 0 Å². The molecule has 0 unspecified atom stereocenters. The Bertz CT molecular complexity index is 1080. The van der Waals surface area contributed by atoms with Gasteiger partial charge < -0.3 is 19.5 Å². The number of hydrogen-bond acceptors (Lipinski definition) is 4. The summed E-state index contributed by atoms with van der Waals surface area (Å²) in [6.07, 6.45) is 7.85. The maximum absolute atomic E-state index is 13.3. The van der Waals surface area contributed by atoms with Crippen LogP contribution in [-0.4, -0.2) is 47.5 Å². The van der Waals surface area contributed by atoms with Crippen molar-refractivity contribution in [3.05, 3.63) is 69.1 Å². The first-order chi connectivity index (χ1) is 16.4. The van der Waals surface area contributed by atoms with Crippen LogP contribution < -0.4 is 10.7 Å². The van der Waals surface area contributed by atoms with Crippen LogP contribution in [-0.2, 0) is 17.7 Å². The molecule has 2 aromatic rings. The predicted molar refractivity (Wildman–Crippen MR) is 131 cm³/mol. The lowest BCUT2D eigenvalue weighted by molar-refractivity contribution is 0.0411. The number of carbonyl (C=O) groups excluding carboxylic acids is 2. The number of ether oxygens (including phenoxy) is 1. The first-order valence-corrected chi connectivity index (χ1v) is 12.4. The van der Waals surface area contributed by atoms with Crippen molar-refractivity contribution in [1.82, 2.24) is 14.8 Å². The predicted octanol–water partition coefficient (Wildman–Crippen LogP) is 3.56. The molecule has 7 nitrogen and oxygen atoms in total. The van der Waals surface area contributed by atoms with E-state index < -0.39 is 11.3 Å². The molecule has 1 aromatic heterocycles. The van der Waals surface area contributed by atoms with Crippen molar-refractivity contribution < 1.29 is 14.3 Å². The van der Waals surface area contributed by atoms with Gasteiger partial charge in [-0.15, -0.1) is 0 Å². The second kappa shape index (κ2) is 11.0. The summed E-state index contributed by atoms with van der Waals surface area (Å²) >= 11 is 0. The molecule has 3 heterocycles. The van der Waals surface area contributed by atoms with Gasteiger partial charge >= 0.3 is 0 Å². The van der Waals surface area contributed by atoms with E-state index in [2.05, 4.69) is 25.2 Å². The van der Waals surface area contributed by atoms with Gasteiger partial charge in [0, 0.05) is 38.6 Å². The number of nitrogens with zero attached hydrogens (tertiary/aromatic N) is 2. The molecule has 1 N–H and O–H groups in total. The zero-order chi connectivity index (χ0) is 24.1. The Kier molecular flexibility index (Phi) is 7.83. The third kappa shape index (κ3) is 5.58. The summed E-state index contributed by atoms with van der Waals surface area (Å²) in [5.41, 5.74) is 1.87. The molecule has 1 saturated heterocycles. The van der Waals surface area contributed by atoms with Crippen LogP contribution >= 0.6 is 0 Å². The van der Waals surface area contributed by atoms with E-state index in [9.17, 15) is 14.4 Å². The number of fused-ring (bicyclic) bond motifs is 1. The Balaban J connectivity index is 1.57. The maximum Gasteiger partial charge on any atom is 0.259 e. The molecule has 1 atom stereocenters. The molecule has 0 saturated carbocycles. The molecule has 0 aliphatic carbocycles. The van der Waals surface area contributed by atoms with E-state index in [0.717, 1.165) is 37.7 Å². The summed E-state index contributed by atoms with van der Waals surface area (Å²) in [6, 6.07) is 8.06. The van der Waals surface area contributed by atoms with Gasteiger partial charge in [-0.05, 0) is 36.3 Å². The molecule has 1 aromatic carbocycles. The van der Waals surface area contributed by atoms with E-state index in [4.69, 9.17) is 4.74 Å². The normalized spacial score (nSPS) is 18.3. The average Bonchev–Trinajstić information content (AvgIpc) is 3.12. The Morgan fingerprint density at radius 2 is 1.76 bits per heavy atom. The number of hydrogen-bond donors (Lipinski definition) is 1. The summed E-state index contributed by atoms with van der Waals surface area (Å²) < 4.78 is 7.70. The van der Waals surface area contributed by atoms with E-state index in [-0.39, 0.29) is 29.7 Å². The van der Waals surface area contributed by atoms with Gasteiger partial charge in [0.15, 0.2) is 0 Å². The fourth-order valence-electron chi connectivity index (χ4n) is 4.84. The van der Waals surface area contributed by atoms with E-state index in [0.29, 0.717) is 32.2 Å². The summed E-state index contributed by atoms with van der Waals surface area (Å²) in [6.45, 7) is 6.90. The SMILES string of the molecule is CC(C)Cn1cc(C(=O)NC[C@H]2OCCc3ccccc32)c(=O)c(C(=O)N2CCCCCC2)c1. The highest BCUT2D eigenvalue weighted by molar-refractivity contribution is 5.99. The van der Waals surface area contributed by atoms with Crippen molar-refractivity contribution in [3.8, 4) is 0 Å². The van der Waals surface area contributed by atoms with Gasteiger partial charge in [-0.25, -0.2) is 0 Å². The standard InChI is InChI=1S/C27H35N3O4/c1-19(2)16-29-17-22(25(31)23(18-29)27(33)30-12-7-3-4-8-13-30)26(32)28-15-24-21-10-6-5-9-20(21)11-14-34-24/h5-6,9-10,17-19,24H,3-4,7-8,11-16H2,1-2H3,(H,28,32)/t24-/m1/s1. The zero-order valence-corrected chi connectivity index (χ0v) is 20.2. The largest absolute Gasteiger partial charge is 0.371 e. The van der Waals surface area contributed by atoms with Crippen molar-refractivity contribution in [2.24, 2.45) is 5.92 Å². The van der Waals surface area contributed by atoms with Gasteiger partial charge in [-0.2, -0.15) is 0 Å². The molecule has 0 bridgehead atoms. The van der Waals surface area contributed by atoms with Crippen molar-refractivity contribution in [2.45, 2.75) is 58.6 Å². The highest BCUT2D eigenvalue weighted by atomic mass is 16.5.